The van der Waals surface area contributed by atoms with E-state index in [2.05, 4.69) is 58.5 Å². The van der Waals surface area contributed by atoms with Crippen LogP contribution in [0.3, 0.4) is 0 Å². The Labute approximate surface area is 167 Å². The van der Waals surface area contributed by atoms with E-state index >= 15 is 0 Å². The summed E-state index contributed by atoms with van der Waals surface area (Å²) in [5.41, 5.74) is 5.35. The highest BCUT2D eigenvalue weighted by Crippen LogP contribution is 2.18. The van der Waals surface area contributed by atoms with E-state index in [0.29, 0.717) is 0 Å². The molecule has 1 aliphatic heterocycles. The third-order valence-corrected chi connectivity index (χ3v) is 4.57. The van der Waals surface area contributed by atoms with Gasteiger partial charge < -0.3 is 10.2 Å². The molecule has 6 heteroatoms. The summed E-state index contributed by atoms with van der Waals surface area (Å²) in [7, 11) is 0. The smallest absolute Gasteiger partial charge is 0.194 e. The average molecular weight is 453 g/mol. The van der Waals surface area contributed by atoms with Gasteiger partial charge in [0.05, 0.1) is 6.20 Å². The molecule has 0 amide bonds. The second-order valence-corrected chi connectivity index (χ2v) is 6.30. The van der Waals surface area contributed by atoms with Crippen molar-refractivity contribution in [1.82, 2.24) is 20.4 Å². The highest BCUT2D eigenvalue weighted by atomic mass is 127. The Morgan fingerprint density at radius 3 is 2.84 bits per heavy atom. The number of aromatic amines is 1. The number of rotatable bonds is 5. The van der Waals surface area contributed by atoms with Gasteiger partial charge in [-0.15, -0.1) is 24.0 Å². The lowest BCUT2D eigenvalue weighted by Crippen LogP contribution is -2.44. The molecule has 0 aliphatic carbocycles. The Kier molecular flexibility index (Phi) is 7.74. The molecule has 1 aromatic heterocycles. The number of fused-ring (bicyclic) bond motifs is 1. The number of guanidine groups is 1. The summed E-state index contributed by atoms with van der Waals surface area (Å²) >= 11 is 0. The van der Waals surface area contributed by atoms with Gasteiger partial charge in [-0.1, -0.05) is 24.3 Å². The Hall–Kier alpha value is -1.57. The van der Waals surface area contributed by atoms with E-state index < -0.39 is 0 Å². The van der Waals surface area contributed by atoms with Crippen molar-refractivity contribution >= 4 is 29.9 Å². The minimum atomic E-state index is 0. The zero-order chi connectivity index (χ0) is 16.8. The molecule has 1 aliphatic rings. The first-order valence-electron chi connectivity index (χ1n) is 8.87. The number of H-pyrrole nitrogens is 1. The van der Waals surface area contributed by atoms with E-state index in [1.165, 1.54) is 22.4 Å². The van der Waals surface area contributed by atoms with Crippen LogP contribution in [-0.4, -0.2) is 40.7 Å². The number of halogens is 1. The van der Waals surface area contributed by atoms with Crippen molar-refractivity contribution in [3.05, 3.63) is 52.8 Å². The molecule has 2 N–H and O–H groups in total. The molecule has 5 nitrogen and oxygen atoms in total. The van der Waals surface area contributed by atoms with E-state index in [1.807, 2.05) is 6.20 Å². The Morgan fingerprint density at radius 1 is 1.32 bits per heavy atom. The van der Waals surface area contributed by atoms with Crippen molar-refractivity contribution in [3.63, 3.8) is 0 Å². The van der Waals surface area contributed by atoms with E-state index in [1.54, 1.807) is 0 Å². The summed E-state index contributed by atoms with van der Waals surface area (Å²) in [5, 5.41) is 10.5. The highest BCUT2D eigenvalue weighted by Gasteiger charge is 2.18. The number of benzene rings is 1. The van der Waals surface area contributed by atoms with Gasteiger partial charge in [-0.25, -0.2) is 0 Å². The van der Waals surface area contributed by atoms with Crippen molar-refractivity contribution in [2.75, 3.05) is 19.6 Å². The Bertz CT molecular complexity index is 695. The molecular weight excluding hydrogens is 425 g/mol. The molecule has 0 atom stereocenters. The van der Waals surface area contributed by atoms with E-state index in [4.69, 9.17) is 4.99 Å². The number of nitrogens with one attached hydrogen (secondary N) is 2. The molecule has 0 unspecified atom stereocenters. The zero-order valence-electron chi connectivity index (χ0n) is 15.1. The fourth-order valence-electron chi connectivity index (χ4n) is 3.18. The van der Waals surface area contributed by atoms with Crippen LogP contribution in [0.1, 0.15) is 35.7 Å². The van der Waals surface area contributed by atoms with Crippen molar-refractivity contribution in [3.8, 4) is 0 Å². The molecule has 0 radical (unpaired) electrons. The Morgan fingerprint density at radius 2 is 2.12 bits per heavy atom. The molecule has 0 spiro atoms. The maximum atomic E-state index is 4.84. The summed E-state index contributed by atoms with van der Waals surface area (Å²) in [6.07, 6.45) is 5.08. The quantitative estimate of drug-likeness (QED) is 0.316. The van der Waals surface area contributed by atoms with Gasteiger partial charge in [-0.05, 0) is 49.8 Å². The number of aliphatic imine (C=N–C) groups is 1. The summed E-state index contributed by atoms with van der Waals surface area (Å²) in [6, 6.07) is 8.72. The molecule has 25 heavy (non-hydrogen) atoms. The van der Waals surface area contributed by atoms with E-state index in [0.717, 1.165) is 51.4 Å². The molecule has 0 bridgehead atoms. The lowest BCUT2D eigenvalue weighted by atomic mass is 10.0. The highest BCUT2D eigenvalue weighted by molar-refractivity contribution is 14.0. The fourth-order valence-corrected chi connectivity index (χ4v) is 3.18. The van der Waals surface area contributed by atoms with Gasteiger partial charge in [0, 0.05) is 31.9 Å². The lowest BCUT2D eigenvalue weighted by Gasteiger charge is -2.31. The first-order chi connectivity index (χ1) is 11.8. The number of aromatic nitrogens is 2. The number of hydrogen-bond acceptors (Lipinski definition) is 2. The molecule has 2 heterocycles. The predicted octanol–water partition coefficient (Wildman–Crippen LogP) is 3.29. The zero-order valence-corrected chi connectivity index (χ0v) is 17.4. The summed E-state index contributed by atoms with van der Waals surface area (Å²) in [4.78, 5) is 7.21. The minimum absolute atomic E-state index is 0. The third kappa shape index (κ3) is 5.20. The predicted molar refractivity (Wildman–Crippen MR) is 114 cm³/mol. The van der Waals surface area contributed by atoms with Crippen LogP contribution >= 0.6 is 24.0 Å². The molecule has 0 fully saturated rings. The summed E-state index contributed by atoms with van der Waals surface area (Å²) in [6.45, 7) is 7.92. The normalized spacial score (nSPS) is 14.0. The monoisotopic (exact) mass is 453 g/mol. The van der Waals surface area contributed by atoms with Crippen molar-refractivity contribution in [1.29, 1.82) is 0 Å². The fraction of sp³-hybridized carbons (Fsp3) is 0.474. The largest absolute Gasteiger partial charge is 0.357 e. The maximum absolute atomic E-state index is 4.84. The van der Waals surface area contributed by atoms with E-state index in [9.17, 15) is 0 Å². The molecule has 0 saturated carbocycles. The van der Waals surface area contributed by atoms with Crippen LogP contribution in [0.15, 0.2) is 35.5 Å². The SMILES string of the molecule is CCNC(=NCCCc1cn[nH]c1C)N1CCc2ccccc2C1.I. The number of aryl methyl sites for hydroxylation is 2. The molecular formula is C19H28IN5. The first kappa shape index (κ1) is 19.8. The van der Waals surface area contributed by atoms with Crippen LogP contribution in [0.25, 0.3) is 0 Å². The second-order valence-electron chi connectivity index (χ2n) is 6.30. The van der Waals surface area contributed by atoms with Gasteiger partial charge in [0.25, 0.3) is 0 Å². The van der Waals surface area contributed by atoms with Gasteiger partial charge in [0.15, 0.2) is 5.96 Å². The minimum Gasteiger partial charge on any atom is -0.357 e. The second kappa shape index (κ2) is 9.79. The third-order valence-electron chi connectivity index (χ3n) is 4.57. The van der Waals surface area contributed by atoms with Crippen molar-refractivity contribution < 1.29 is 0 Å². The Balaban J connectivity index is 0.00000225. The lowest BCUT2D eigenvalue weighted by molar-refractivity contribution is 0.378. The molecule has 1 aromatic carbocycles. The van der Waals surface area contributed by atoms with Gasteiger partial charge in [0.1, 0.15) is 0 Å². The molecule has 3 rings (SSSR count). The van der Waals surface area contributed by atoms with Crippen molar-refractivity contribution in [2.24, 2.45) is 4.99 Å². The van der Waals surface area contributed by atoms with Crippen molar-refractivity contribution in [2.45, 2.75) is 39.7 Å². The summed E-state index contributed by atoms with van der Waals surface area (Å²) < 4.78 is 0. The first-order valence-corrected chi connectivity index (χ1v) is 8.87. The number of hydrogen-bond donors (Lipinski definition) is 2. The van der Waals surface area contributed by atoms with Gasteiger partial charge in [-0.2, -0.15) is 5.10 Å². The molecule has 2 aromatic rings. The van der Waals surface area contributed by atoms with Crippen LogP contribution in [0.5, 0.6) is 0 Å². The van der Waals surface area contributed by atoms with Gasteiger partial charge >= 0.3 is 0 Å². The van der Waals surface area contributed by atoms with Crippen LogP contribution in [0.4, 0.5) is 0 Å². The van der Waals surface area contributed by atoms with E-state index in [-0.39, 0.29) is 24.0 Å². The van der Waals surface area contributed by atoms with Crippen LogP contribution in [0, 0.1) is 6.92 Å². The summed E-state index contributed by atoms with van der Waals surface area (Å²) in [5.74, 6) is 1.04. The maximum Gasteiger partial charge on any atom is 0.194 e. The molecule has 136 valence electrons. The van der Waals surface area contributed by atoms with Crippen LogP contribution in [0.2, 0.25) is 0 Å². The topological polar surface area (TPSA) is 56.3 Å². The number of nitrogens with zero attached hydrogens (tertiary/aromatic N) is 3. The van der Waals surface area contributed by atoms with Gasteiger partial charge in [-0.3, -0.25) is 10.1 Å². The molecule has 0 saturated heterocycles. The van der Waals surface area contributed by atoms with Crippen LogP contribution < -0.4 is 5.32 Å². The van der Waals surface area contributed by atoms with Gasteiger partial charge in [0.2, 0.25) is 0 Å². The average Bonchev–Trinajstić information content (AvgIpc) is 3.02. The van der Waals surface area contributed by atoms with Crippen LogP contribution in [-0.2, 0) is 19.4 Å². The standard InChI is InChI=1S/C19H27N5.HI/c1-3-20-19(21-11-6-9-17-13-22-23-15(17)2)24-12-10-16-7-4-5-8-18(16)14-24;/h4-5,7-8,13H,3,6,9-12,14H2,1-2H3,(H,20,21)(H,22,23);1H.